The molecule has 208 valence electrons. The van der Waals surface area contributed by atoms with Crippen LogP contribution in [-0.2, 0) is 18.9 Å². The number of nitrogens with zero attached hydrogens (tertiary/aromatic N) is 1. The van der Waals surface area contributed by atoms with E-state index in [1.807, 2.05) is 0 Å². The highest BCUT2D eigenvalue weighted by Crippen LogP contribution is 2.24. The van der Waals surface area contributed by atoms with Crippen LogP contribution >= 0.6 is 0 Å². The number of ether oxygens (including phenoxy) is 4. The minimum absolute atomic E-state index is 0.261. The number of benzene rings is 3. The van der Waals surface area contributed by atoms with E-state index in [-0.39, 0.29) is 28.8 Å². The van der Waals surface area contributed by atoms with Crippen LogP contribution in [0.2, 0.25) is 0 Å². The van der Waals surface area contributed by atoms with E-state index in [0.717, 1.165) is 4.90 Å². The van der Waals surface area contributed by atoms with Gasteiger partial charge in [0.2, 0.25) is 0 Å². The molecule has 1 aliphatic rings. The maximum Gasteiger partial charge on any atom is 0.338 e. The van der Waals surface area contributed by atoms with Gasteiger partial charge >= 0.3 is 11.9 Å². The highest BCUT2D eigenvalue weighted by Gasteiger charge is 2.38. The Morgan fingerprint density at radius 2 is 1.30 bits per heavy atom. The largest absolute Gasteiger partial charge is 0.459 e. The molecule has 4 rings (SSSR count). The lowest BCUT2D eigenvalue weighted by Crippen LogP contribution is -2.47. The van der Waals surface area contributed by atoms with Crippen molar-refractivity contribution in [1.82, 2.24) is 4.90 Å². The summed E-state index contributed by atoms with van der Waals surface area (Å²) in [6, 6.07) is 22.9. The third-order valence-electron chi connectivity index (χ3n) is 6.35. The summed E-state index contributed by atoms with van der Waals surface area (Å²) in [5.41, 5.74) is 1.10. The van der Waals surface area contributed by atoms with E-state index in [2.05, 4.69) is 0 Å². The fraction of sp³-hybridized carbons (Fsp3) is 0.267. The van der Waals surface area contributed by atoms with Crippen molar-refractivity contribution in [2.45, 2.75) is 31.5 Å². The Kier molecular flexibility index (Phi) is 9.39. The number of fused-ring (bicyclic) bond motifs is 1. The molecule has 0 aromatic heterocycles. The van der Waals surface area contributed by atoms with Crippen LogP contribution in [0.4, 0.5) is 0 Å². The van der Waals surface area contributed by atoms with Crippen LogP contribution in [0.1, 0.15) is 48.4 Å². The first-order valence-electron chi connectivity index (χ1n) is 12.6. The van der Waals surface area contributed by atoms with Crippen LogP contribution in [0.15, 0.2) is 84.9 Å². The maximum atomic E-state index is 12.8. The zero-order valence-corrected chi connectivity index (χ0v) is 22.0. The predicted octanol–water partition coefficient (Wildman–Crippen LogP) is 3.10. The smallest absolute Gasteiger partial charge is 0.338 e. The number of aliphatic hydroxyl groups excluding tert-OH is 1. The third-order valence-corrected chi connectivity index (χ3v) is 6.35. The van der Waals surface area contributed by atoms with Gasteiger partial charge in [0.25, 0.3) is 11.8 Å². The van der Waals surface area contributed by atoms with Crippen molar-refractivity contribution in [3.63, 3.8) is 0 Å². The van der Waals surface area contributed by atoms with Crippen LogP contribution in [0.3, 0.4) is 0 Å². The van der Waals surface area contributed by atoms with Crippen molar-refractivity contribution in [2.75, 3.05) is 20.3 Å². The Morgan fingerprint density at radius 1 is 0.800 bits per heavy atom. The first-order chi connectivity index (χ1) is 19.3. The summed E-state index contributed by atoms with van der Waals surface area (Å²) in [6.07, 6.45) is -5.03. The normalized spacial score (nSPS) is 15.6. The van der Waals surface area contributed by atoms with E-state index in [4.69, 9.17) is 18.9 Å². The van der Waals surface area contributed by atoms with Gasteiger partial charge in [0.05, 0.1) is 28.8 Å². The molecule has 10 heteroatoms. The lowest BCUT2D eigenvalue weighted by molar-refractivity contribution is -0.202. The highest BCUT2D eigenvalue weighted by molar-refractivity contribution is 6.21. The third kappa shape index (κ3) is 6.60. The topological polar surface area (TPSA) is 129 Å². The average Bonchev–Trinajstić information content (AvgIpc) is 3.23. The van der Waals surface area contributed by atoms with E-state index in [9.17, 15) is 24.3 Å². The Hall–Kier alpha value is -4.38. The number of aliphatic hydroxyl groups is 1. The van der Waals surface area contributed by atoms with Gasteiger partial charge in [-0.15, -0.1) is 0 Å². The quantitative estimate of drug-likeness (QED) is 0.207. The van der Waals surface area contributed by atoms with Crippen molar-refractivity contribution in [3.8, 4) is 0 Å². The summed E-state index contributed by atoms with van der Waals surface area (Å²) in [4.78, 5) is 51.8. The van der Waals surface area contributed by atoms with Crippen LogP contribution in [0, 0.1) is 0 Å². The van der Waals surface area contributed by atoms with Crippen molar-refractivity contribution in [1.29, 1.82) is 0 Å². The SMILES string of the molecule is CO[C@@H](CN1C(=O)c2ccccc2C1=O)OC(COC(=O)c1ccccc1)C(O)C(C)OC(=O)c1ccccc1. The summed E-state index contributed by atoms with van der Waals surface area (Å²) in [5.74, 6) is -2.35. The number of methoxy groups -OCH3 is 1. The highest BCUT2D eigenvalue weighted by atomic mass is 16.7. The zero-order valence-electron chi connectivity index (χ0n) is 22.0. The van der Waals surface area contributed by atoms with E-state index >= 15 is 0 Å². The van der Waals surface area contributed by atoms with Gasteiger partial charge in [-0.25, -0.2) is 9.59 Å². The number of rotatable bonds is 12. The second kappa shape index (κ2) is 13.1. The molecule has 1 N–H and O–H groups in total. The number of carbonyl (C=O) groups is 4. The fourth-order valence-corrected chi connectivity index (χ4v) is 4.14. The molecule has 0 spiro atoms. The Morgan fingerprint density at radius 3 is 1.82 bits per heavy atom. The molecule has 0 fully saturated rings. The molecule has 0 aliphatic carbocycles. The molecule has 0 saturated heterocycles. The predicted molar refractivity (Wildman–Crippen MR) is 142 cm³/mol. The van der Waals surface area contributed by atoms with Gasteiger partial charge in [-0.1, -0.05) is 48.5 Å². The molecule has 0 radical (unpaired) electrons. The van der Waals surface area contributed by atoms with Gasteiger partial charge in [-0.2, -0.15) is 0 Å². The molecule has 2 amide bonds. The Balaban J connectivity index is 1.48. The maximum absolute atomic E-state index is 12.8. The van der Waals surface area contributed by atoms with Gasteiger partial charge in [0.1, 0.15) is 24.9 Å². The van der Waals surface area contributed by atoms with Crippen LogP contribution < -0.4 is 0 Å². The van der Waals surface area contributed by atoms with E-state index < -0.39 is 55.0 Å². The molecule has 40 heavy (non-hydrogen) atoms. The van der Waals surface area contributed by atoms with Crippen molar-refractivity contribution < 1.29 is 43.2 Å². The number of imide groups is 1. The van der Waals surface area contributed by atoms with Crippen LogP contribution in [-0.4, -0.2) is 78.6 Å². The number of hydrogen-bond acceptors (Lipinski definition) is 9. The second-order valence-corrected chi connectivity index (χ2v) is 9.04. The number of carbonyl (C=O) groups excluding carboxylic acids is 4. The molecule has 3 aromatic rings. The minimum Gasteiger partial charge on any atom is -0.459 e. The van der Waals surface area contributed by atoms with Gasteiger partial charge in [0, 0.05) is 7.11 Å². The number of amides is 2. The first-order valence-corrected chi connectivity index (χ1v) is 12.6. The molecule has 3 unspecified atom stereocenters. The lowest BCUT2D eigenvalue weighted by Gasteiger charge is -2.31. The summed E-state index contributed by atoms with van der Waals surface area (Å²) in [6.45, 7) is 0.730. The van der Waals surface area contributed by atoms with E-state index in [0.29, 0.717) is 0 Å². The fourth-order valence-electron chi connectivity index (χ4n) is 4.14. The molecule has 3 aromatic carbocycles. The molecular weight excluding hydrogens is 518 g/mol. The van der Waals surface area contributed by atoms with Crippen LogP contribution in [0.25, 0.3) is 0 Å². The van der Waals surface area contributed by atoms with Crippen molar-refractivity contribution in [2.24, 2.45) is 0 Å². The monoisotopic (exact) mass is 547 g/mol. The number of hydrogen-bond donors (Lipinski definition) is 1. The molecule has 10 nitrogen and oxygen atoms in total. The summed E-state index contributed by atoms with van der Waals surface area (Å²) >= 11 is 0. The molecular formula is C30H29NO9. The van der Waals surface area contributed by atoms with Crippen molar-refractivity contribution >= 4 is 23.8 Å². The van der Waals surface area contributed by atoms with E-state index in [1.54, 1.807) is 84.9 Å². The van der Waals surface area contributed by atoms with Crippen molar-refractivity contribution in [3.05, 3.63) is 107 Å². The molecule has 4 atom stereocenters. The summed E-state index contributed by atoms with van der Waals surface area (Å²) in [7, 11) is 1.31. The van der Waals surface area contributed by atoms with Gasteiger partial charge < -0.3 is 24.1 Å². The molecule has 0 saturated carbocycles. The summed E-state index contributed by atoms with van der Waals surface area (Å²) in [5, 5.41) is 11.1. The zero-order chi connectivity index (χ0) is 28.6. The second-order valence-electron chi connectivity index (χ2n) is 9.04. The van der Waals surface area contributed by atoms with Crippen LogP contribution in [0.5, 0.6) is 0 Å². The Labute approximate surface area is 231 Å². The minimum atomic E-state index is -1.48. The molecule has 1 aliphatic heterocycles. The summed E-state index contributed by atoms with van der Waals surface area (Å²) < 4.78 is 22.1. The first kappa shape index (κ1) is 28.6. The van der Waals surface area contributed by atoms with Gasteiger partial charge in [-0.3, -0.25) is 14.5 Å². The molecule has 0 bridgehead atoms. The number of esters is 2. The van der Waals surface area contributed by atoms with E-state index in [1.165, 1.54) is 14.0 Å². The van der Waals surface area contributed by atoms with Gasteiger partial charge in [0.15, 0.2) is 6.29 Å². The van der Waals surface area contributed by atoms with Gasteiger partial charge in [-0.05, 0) is 43.3 Å². The molecule has 1 heterocycles. The lowest BCUT2D eigenvalue weighted by atomic mass is 10.1. The average molecular weight is 548 g/mol. The Bertz CT molecular complexity index is 1310. The standard InChI is InChI=1S/C30H29NO9/c1-19(39-30(36)21-13-7-4-8-14-21)26(32)24(18-38-29(35)20-11-5-3-6-12-20)40-25(37-2)17-31-27(33)22-15-9-10-16-23(22)28(31)34/h3-16,19,24-26,32H,17-18H2,1-2H3/t19?,24?,25-,26?/m1/s1.